The Hall–Kier alpha value is -3.54. The number of nitrogens with one attached hydrogen (secondary N) is 2. The van der Waals surface area contributed by atoms with Crippen LogP contribution < -0.4 is 15.4 Å². The number of alkyl halides is 6. The molecule has 3 rings (SSSR count). The quantitative estimate of drug-likeness (QED) is 0.389. The van der Waals surface area contributed by atoms with E-state index >= 15 is 0 Å². The van der Waals surface area contributed by atoms with E-state index in [0.29, 0.717) is 5.69 Å². The maximum absolute atomic E-state index is 12.8. The Labute approximate surface area is 184 Å². The van der Waals surface area contributed by atoms with Gasteiger partial charge in [-0.2, -0.15) is 18.2 Å². The Morgan fingerprint density at radius 1 is 0.970 bits per heavy atom. The van der Waals surface area contributed by atoms with Gasteiger partial charge >= 0.3 is 12.5 Å². The van der Waals surface area contributed by atoms with Gasteiger partial charge in [-0.05, 0) is 43.3 Å². The van der Waals surface area contributed by atoms with Crippen LogP contribution in [0.15, 0.2) is 54.6 Å². The molecule has 33 heavy (non-hydrogen) atoms. The zero-order valence-corrected chi connectivity index (χ0v) is 17.0. The predicted octanol–water partition coefficient (Wildman–Crippen LogP) is 5.60. The van der Waals surface area contributed by atoms with Crippen LogP contribution in [-0.4, -0.2) is 34.1 Å². The maximum Gasteiger partial charge on any atom is 0.573 e. The summed E-state index contributed by atoms with van der Waals surface area (Å²) in [5, 5.41) is 15.0. The van der Waals surface area contributed by atoms with Gasteiger partial charge in [0, 0.05) is 23.4 Å². The third-order valence-corrected chi connectivity index (χ3v) is 4.22. The Morgan fingerprint density at radius 3 is 2.27 bits per heavy atom. The van der Waals surface area contributed by atoms with E-state index in [1.54, 1.807) is 6.92 Å². The minimum atomic E-state index is -4.87. The van der Waals surface area contributed by atoms with Crippen LogP contribution in [0.4, 0.5) is 43.8 Å². The first-order valence-electron chi connectivity index (χ1n) is 9.50. The number of aromatic nitrogens is 2. The van der Waals surface area contributed by atoms with Gasteiger partial charge in [0.25, 0.3) is 0 Å². The molecule has 0 aliphatic heterocycles. The van der Waals surface area contributed by atoms with Crippen LogP contribution in [0, 0.1) is 0 Å². The molecule has 3 aromatic rings. The van der Waals surface area contributed by atoms with E-state index in [9.17, 15) is 31.4 Å². The van der Waals surface area contributed by atoms with Gasteiger partial charge in [-0.1, -0.05) is 12.1 Å². The van der Waals surface area contributed by atoms with Gasteiger partial charge in [0.2, 0.25) is 5.95 Å². The molecule has 6 nitrogen and oxygen atoms in total. The largest absolute Gasteiger partial charge is 0.573 e. The van der Waals surface area contributed by atoms with Crippen molar-refractivity contribution in [2.75, 3.05) is 17.2 Å². The van der Waals surface area contributed by atoms with Crippen molar-refractivity contribution in [2.45, 2.75) is 25.5 Å². The van der Waals surface area contributed by atoms with Crippen molar-refractivity contribution in [3.05, 3.63) is 60.2 Å². The van der Waals surface area contributed by atoms with Crippen LogP contribution in [0.2, 0.25) is 0 Å². The molecule has 0 bridgehead atoms. The second kappa shape index (κ2) is 9.53. The second-order valence-corrected chi connectivity index (χ2v) is 6.97. The summed E-state index contributed by atoms with van der Waals surface area (Å²) < 4.78 is 80.0. The van der Waals surface area contributed by atoms with Crippen LogP contribution >= 0.6 is 0 Å². The van der Waals surface area contributed by atoms with Crippen molar-refractivity contribution in [2.24, 2.45) is 0 Å². The number of aliphatic hydroxyl groups is 1. The molecule has 0 aliphatic rings. The zero-order valence-electron chi connectivity index (χ0n) is 17.0. The molecule has 1 aromatic heterocycles. The van der Waals surface area contributed by atoms with Crippen molar-refractivity contribution in [1.82, 2.24) is 9.97 Å². The van der Waals surface area contributed by atoms with Gasteiger partial charge in [-0.25, -0.2) is 4.98 Å². The van der Waals surface area contributed by atoms with E-state index in [4.69, 9.17) is 0 Å². The molecule has 0 saturated heterocycles. The predicted molar refractivity (Wildman–Crippen MR) is 109 cm³/mol. The number of benzene rings is 2. The molecule has 0 spiro atoms. The van der Waals surface area contributed by atoms with Crippen molar-refractivity contribution < 1.29 is 36.2 Å². The highest BCUT2D eigenvalue weighted by Gasteiger charge is 2.31. The van der Waals surface area contributed by atoms with E-state index in [1.165, 1.54) is 30.3 Å². The lowest BCUT2D eigenvalue weighted by atomic mass is 10.1. The fraction of sp³-hybridized carbons (Fsp3) is 0.238. The Balaban J connectivity index is 1.95. The van der Waals surface area contributed by atoms with Crippen LogP contribution in [0.5, 0.6) is 5.75 Å². The summed E-state index contributed by atoms with van der Waals surface area (Å²) in [6.45, 7) is 1.40. The highest BCUT2D eigenvalue weighted by molar-refractivity contribution is 5.68. The first-order chi connectivity index (χ1) is 15.4. The summed E-state index contributed by atoms with van der Waals surface area (Å²) in [6.07, 6.45) is -9.36. The van der Waals surface area contributed by atoms with Crippen molar-refractivity contribution in [3.8, 4) is 17.0 Å². The topological polar surface area (TPSA) is 79.3 Å². The molecule has 0 amide bonds. The molecule has 0 fully saturated rings. The third kappa shape index (κ3) is 6.97. The number of hydrogen-bond donors (Lipinski definition) is 3. The third-order valence-electron chi connectivity index (χ3n) is 4.22. The highest BCUT2D eigenvalue weighted by atomic mass is 19.4. The minimum Gasteiger partial charge on any atom is -0.406 e. The molecule has 176 valence electrons. The zero-order chi connectivity index (χ0) is 24.2. The number of ether oxygens (including phenoxy) is 1. The van der Waals surface area contributed by atoms with E-state index in [0.717, 1.165) is 24.3 Å². The molecular formula is C21H18F6N4O2. The van der Waals surface area contributed by atoms with Crippen molar-refractivity contribution in [3.63, 3.8) is 0 Å². The molecule has 0 saturated carbocycles. The van der Waals surface area contributed by atoms with Gasteiger partial charge in [0.05, 0.1) is 17.9 Å². The monoisotopic (exact) mass is 472 g/mol. The second-order valence-electron chi connectivity index (χ2n) is 6.97. The normalized spacial score (nSPS) is 12.8. The molecule has 2 aromatic carbocycles. The molecule has 0 aliphatic carbocycles. The fourth-order valence-electron chi connectivity index (χ4n) is 2.73. The molecule has 1 heterocycles. The number of aliphatic hydroxyl groups excluding tert-OH is 1. The Kier molecular flexibility index (Phi) is 6.96. The molecule has 0 unspecified atom stereocenters. The average Bonchev–Trinajstić information content (AvgIpc) is 2.72. The number of nitrogens with zero attached hydrogens (tertiary/aromatic N) is 2. The summed E-state index contributed by atoms with van der Waals surface area (Å²) >= 11 is 0. The van der Waals surface area contributed by atoms with E-state index in [1.807, 2.05) is 0 Å². The summed E-state index contributed by atoms with van der Waals surface area (Å²) in [4.78, 5) is 8.48. The lowest BCUT2D eigenvalue weighted by molar-refractivity contribution is -0.274. The number of hydrogen-bond acceptors (Lipinski definition) is 6. The van der Waals surface area contributed by atoms with Crippen LogP contribution in [-0.2, 0) is 6.18 Å². The standard InChI is InChI=1S/C21H18F6N4O2/c1-12(11-32)28-19-30-17(13-3-2-4-16(9-13)33-21(25,26)27)10-18(31-19)29-15-7-5-14(6-8-15)20(22,23)24/h2-10,12,32H,11H2,1H3,(H2,28,29,30,31)/t12-/m0/s1. The first-order valence-corrected chi connectivity index (χ1v) is 9.50. The Morgan fingerprint density at radius 2 is 1.67 bits per heavy atom. The van der Waals surface area contributed by atoms with E-state index < -0.39 is 29.9 Å². The van der Waals surface area contributed by atoms with E-state index in [2.05, 4.69) is 25.3 Å². The first kappa shape index (κ1) is 24.1. The molecule has 3 N–H and O–H groups in total. The summed E-state index contributed by atoms with van der Waals surface area (Å²) in [7, 11) is 0. The summed E-state index contributed by atoms with van der Waals surface area (Å²) in [5.74, 6) is -0.241. The number of halogens is 6. The lowest BCUT2D eigenvalue weighted by Gasteiger charge is -2.15. The minimum absolute atomic E-state index is 0.0469. The maximum atomic E-state index is 12.8. The van der Waals surface area contributed by atoms with Crippen molar-refractivity contribution >= 4 is 17.5 Å². The van der Waals surface area contributed by atoms with Crippen LogP contribution in [0.1, 0.15) is 12.5 Å². The van der Waals surface area contributed by atoms with Gasteiger partial charge in [-0.15, -0.1) is 13.2 Å². The number of rotatable bonds is 7. The highest BCUT2D eigenvalue weighted by Crippen LogP contribution is 2.32. The molecular weight excluding hydrogens is 454 g/mol. The van der Waals surface area contributed by atoms with E-state index in [-0.39, 0.29) is 29.6 Å². The molecule has 1 atom stereocenters. The lowest BCUT2D eigenvalue weighted by Crippen LogP contribution is -2.21. The van der Waals surface area contributed by atoms with Crippen LogP contribution in [0.25, 0.3) is 11.3 Å². The van der Waals surface area contributed by atoms with Crippen molar-refractivity contribution in [1.29, 1.82) is 0 Å². The summed E-state index contributed by atoms with van der Waals surface area (Å²) in [5.41, 5.74) is -0.0472. The SMILES string of the molecule is C[C@@H](CO)Nc1nc(Nc2ccc(C(F)(F)F)cc2)cc(-c2cccc(OC(F)(F)F)c2)n1. The van der Waals surface area contributed by atoms with Gasteiger partial charge in [-0.3, -0.25) is 0 Å². The smallest absolute Gasteiger partial charge is 0.406 e. The van der Waals surface area contributed by atoms with Gasteiger partial charge < -0.3 is 20.5 Å². The number of anilines is 3. The average molecular weight is 472 g/mol. The van der Waals surface area contributed by atoms with Crippen LogP contribution in [0.3, 0.4) is 0 Å². The molecule has 0 radical (unpaired) electrons. The fourth-order valence-corrected chi connectivity index (χ4v) is 2.73. The van der Waals surface area contributed by atoms with Gasteiger partial charge in [0.1, 0.15) is 11.6 Å². The Bertz CT molecular complexity index is 1090. The molecule has 12 heteroatoms. The van der Waals surface area contributed by atoms with Gasteiger partial charge in [0.15, 0.2) is 0 Å². The summed E-state index contributed by atoms with van der Waals surface area (Å²) in [6, 6.07) is 10.3.